The summed E-state index contributed by atoms with van der Waals surface area (Å²) < 4.78 is 21.3. The average Bonchev–Trinajstić information content (AvgIpc) is 3.18. The van der Waals surface area contributed by atoms with Crippen LogP contribution < -0.4 is 0 Å². The minimum absolute atomic E-state index is 0.164. The molecule has 0 saturated carbocycles. The van der Waals surface area contributed by atoms with Crippen molar-refractivity contribution >= 4 is 11.2 Å². The molecule has 23 heavy (non-hydrogen) atoms. The number of halogens is 1. The Morgan fingerprint density at radius 3 is 2.78 bits per heavy atom. The molecule has 3 heterocycles. The fourth-order valence-corrected chi connectivity index (χ4v) is 2.91. The first-order valence-corrected chi connectivity index (χ1v) is 7.41. The highest BCUT2D eigenvalue weighted by atomic mass is 19.1. The van der Waals surface area contributed by atoms with E-state index in [1.165, 1.54) is 12.7 Å². The van der Waals surface area contributed by atoms with Gasteiger partial charge in [0.15, 0.2) is 11.9 Å². The Morgan fingerprint density at radius 2 is 2.04 bits per heavy atom. The number of aliphatic hydroxyl groups is 1. The molecule has 0 radical (unpaired) electrons. The lowest BCUT2D eigenvalue weighted by atomic mass is 10.1. The van der Waals surface area contributed by atoms with Gasteiger partial charge in [0, 0.05) is 12.0 Å². The molecule has 6 nitrogen and oxygen atoms in total. The fourth-order valence-electron chi connectivity index (χ4n) is 2.91. The monoisotopic (exact) mass is 314 g/mol. The number of aliphatic hydroxyl groups excluding tert-OH is 1. The van der Waals surface area contributed by atoms with Gasteiger partial charge < -0.3 is 9.84 Å². The third kappa shape index (κ3) is 2.38. The lowest BCUT2D eigenvalue weighted by Crippen LogP contribution is -2.16. The molecule has 1 N–H and O–H groups in total. The van der Waals surface area contributed by atoms with E-state index in [9.17, 15) is 4.39 Å². The van der Waals surface area contributed by atoms with Crippen LogP contribution in [0.25, 0.3) is 22.4 Å². The van der Waals surface area contributed by atoms with Gasteiger partial charge in [-0.05, 0) is 0 Å². The maximum absolute atomic E-state index is 14.2. The first-order chi connectivity index (χ1) is 11.3. The Labute approximate surface area is 131 Å². The van der Waals surface area contributed by atoms with Crippen LogP contribution in [0.2, 0.25) is 0 Å². The number of benzene rings is 1. The van der Waals surface area contributed by atoms with Crippen molar-refractivity contribution in [2.24, 2.45) is 0 Å². The van der Waals surface area contributed by atoms with Gasteiger partial charge in [0.1, 0.15) is 23.7 Å². The molecule has 118 valence electrons. The van der Waals surface area contributed by atoms with Crippen LogP contribution in [0.15, 0.2) is 43.0 Å². The molecule has 0 amide bonds. The summed E-state index contributed by atoms with van der Waals surface area (Å²) in [5, 5.41) is 9.16. The third-order valence-electron chi connectivity index (χ3n) is 4.01. The Hall–Kier alpha value is -2.38. The first kappa shape index (κ1) is 14.2. The second-order valence-corrected chi connectivity index (χ2v) is 5.50. The lowest BCUT2D eigenvalue weighted by molar-refractivity contribution is -0.0351. The molecular formula is C16H15FN4O2. The molecule has 0 unspecified atom stereocenters. The van der Waals surface area contributed by atoms with E-state index in [0.29, 0.717) is 16.9 Å². The standard InChI is InChI=1S/C16H15FN4O2/c17-12-6-11(7-22)23-16(12)21-9-20-14-13(18-8-19-15(14)21)10-4-2-1-3-5-10/h1-5,8-9,11-12,16,22H,6-7H2/t11-,12-,16+/m0/s1. The van der Waals surface area contributed by atoms with Crippen molar-refractivity contribution in [2.45, 2.75) is 24.9 Å². The van der Waals surface area contributed by atoms with Crippen molar-refractivity contribution in [1.82, 2.24) is 19.5 Å². The number of aromatic nitrogens is 4. The molecule has 7 heteroatoms. The molecule has 2 aromatic heterocycles. The molecule has 0 bridgehead atoms. The third-order valence-corrected chi connectivity index (χ3v) is 4.01. The molecule has 4 rings (SSSR count). The van der Waals surface area contributed by atoms with E-state index in [0.717, 1.165) is 5.56 Å². The van der Waals surface area contributed by atoms with E-state index in [1.54, 1.807) is 4.57 Å². The number of nitrogens with zero attached hydrogens (tertiary/aromatic N) is 4. The van der Waals surface area contributed by atoms with E-state index in [2.05, 4.69) is 15.0 Å². The van der Waals surface area contributed by atoms with Crippen molar-refractivity contribution < 1.29 is 14.2 Å². The first-order valence-electron chi connectivity index (χ1n) is 7.41. The van der Waals surface area contributed by atoms with Crippen molar-refractivity contribution in [1.29, 1.82) is 0 Å². The van der Waals surface area contributed by atoms with Crippen LogP contribution >= 0.6 is 0 Å². The van der Waals surface area contributed by atoms with Gasteiger partial charge >= 0.3 is 0 Å². The minimum Gasteiger partial charge on any atom is -0.394 e. The van der Waals surface area contributed by atoms with Gasteiger partial charge in [-0.3, -0.25) is 4.57 Å². The maximum Gasteiger partial charge on any atom is 0.168 e. The van der Waals surface area contributed by atoms with Crippen LogP contribution in [0.1, 0.15) is 12.6 Å². The van der Waals surface area contributed by atoms with Crippen LogP contribution in [0.3, 0.4) is 0 Å². The molecule has 1 aliphatic rings. The van der Waals surface area contributed by atoms with Gasteiger partial charge in [0.25, 0.3) is 0 Å². The summed E-state index contributed by atoms with van der Waals surface area (Å²) in [6.45, 7) is -0.201. The average molecular weight is 314 g/mol. The van der Waals surface area contributed by atoms with Gasteiger partial charge in [-0.25, -0.2) is 19.3 Å². The van der Waals surface area contributed by atoms with Gasteiger partial charge in [-0.2, -0.15) is 0 Å². The second kappa shape index (κ2) is 5.68. The van der Waals surface area contributed by atoms with Crippen LogP contribution in [-0.2, 0) is 4.74 Å². The van der Waals surface area contributed by atoms with E-state index < -0.39 is 18.5 Å². The minimum atomic E-state index is -1.21. The second-order valence-electron chi connectivity index (χ2n) is 5.50. The molecule has 1 aliphatic heterocycles. The number of hydrogen-bond donors (Lipinski definition) is 1. The van der Waals surface area contributed by atoms with Crippen molar-refractivity contribution in [3.63, 3.8) is 0 Å². The SMILES string of the molecule is OC[C@@H]1C[C@H](F)[C@H](n2cnc3c(-c4ccccc4)ncnc32)O1. The highest BCUT2D eigenvalue weighted by Gasteiger charge is 2.37. The summed E-state index contributed by atoms with van der Waals surface area (Å²) in [4.78, 5) is 12.9. The topological polar surface area (TPSA) is 73.1 Å². The number of rotatable bonds is 3. The summed E-state index contributed by atoms with van der Waals surface area (Å²) >= 11 is 0. The highest BCUT2D eigenvalue weighted by molar-refractivity contribution is 5.87. The van der Waals surface area contributed by atoms with Crippen LogP contribution in [0.5, 0.6) is 0 Å². The largest absolute Gasteiger partial charge is 0.394 e. The predicted molar refractivity (Wildman–Crippen MR) is 81.3 cm³/mol. The Balaban J connectivity index is 1.79. The highest BCUT2D eigenvalue weighted by Crippen LogP contribution is 2.34. The van der Waals surface area contributed by atoms with Crippen LogP contribution in [-0.4, -0.2) is 43.5 Å². The summed E-state index contributed by atoms with van der Waals surface area (Å²) in [6, 6.07) is 9.64. The molecule has 0 spiro atoms. The molecule has 1 fully saturated rings. The quantitative estimate of drug-likeness (QED) is 0.801. The normalized spacial score (nSPS) is 24.3. The molecule has 3 atom stereocenters. The van der Waals surface area contributed by atoms with Crippen molar-refractivity contribution in [3.05, 3.63) is 43.0 Å². The van der Waals surface area contributed by atoms with E-state index >= 15 is 0 Å². The molecule has 0 aliphatic carbocycles. The summed E-state index contributed by atoms with van der Waals surface area (Å²) in [7, 11) is 0. The van der Waals surface area contributed by atoms with Crippen molar-refractivity contribution in [2.75, 3.05) is 6.61 Å². The number of hydrogen-bond acceptors (Lipinski definition) is 5. The Bertz CT molecular complexity index is 823. The molecule has 1 aromatic carbocycles. The molecule has 3 aromatic rings. The van der Waals surface area contributed by atoms with Gasteiger partial charge in [0.05, 0.1) is 19.0 Å². The predicted octanol–water partition coefficient (Wildman–Crippen LogP) is 2.11. The lowest BCUT2D eigenvalue weighted by Gasteiger charge is -2.15. The molecule has 1 saturated heterocycles. The zero-order valence-corrected chi connectivity index (χ0v) is 12.2. The number of ether oxygens (including phenoxy) is 1. The van der Waals surface area contributed by atoms with Crippen LogP contribution in [0, 0.1) is 0 Å². The van der Waals surface area contributed by atoms with E-state index in [1.807, 2.05) is 30.3 Å². The smallest absolute Gasteiger partial charge is 0.168 e. The van der Waals surface area contributed by atoms with Crippen molar-refractivity contribution in [3.8, 4) is 11.3 Å². The summed E-state index contributed by atoms with van der Waals surface area (Å²) in [5.74, 6) is 0. The van der Waals surface area contributed by atoms with E-state index in [-0.39, 0.29) is 13.0 Å². The maximum atomic E-state index is 14.2. The van der Waals surface area contributed by atoms with Gasteiger partial charge in [0.2, 0.25) is 0 Å². The zero-order chi connectivity index (χ0) is 15.8. The summed E-state index contributed by atoms with van der Waals surface area (Å²) in [5.41, 5.74) is 2.73. The number of imidazole rings is 1. The Morgan fingerprint density at radius 1 is 1.22 bits per heavy atom. The zero-order valence-electron chi connectivity index (χ0n) is 12.2. The Kier molecular flexibility index (Phi) is 3.51. The summed E-state index contributed by atoms with van der Waals surface area (Å²) in [6.07, 6.45) is 0.590. The van der Waals surface area contributed by atoms with E-state index in [4.69, 9.17) is 9.84 Å². The van der Waals surface area contributed by atoms with Gasteiger partial charge in [-0.1, -0.05) is 30.3 Å². The fraction of sp³-hybridized carbons (Fsp3) is 0.312. The van der Waals surface area contributed by atoms with Crippen LogP contribution in [0.4, 0.5) is 4.39 Å². The molecular weight excluding hydrogens is 299 g/mol. The number of alkyl halides is 1. The number of fused-ring (bicyclic) bond motifs is 1. The van der Waals surface area contributed by atoms with Gasteiger partial charge in [-0.15, -0.1) is 0 Å².